The van der Waals surface area contributed by atoms with Crippen LogP contribution < -0.4 is 0 Å². The topological polar surface area (TPSA) is 59.0 Å². The third kappa shape index (κ3) is 3.23. The highest BCUT2D eigenvalue weighted by atomic mass is 19.4. The number of likely N-dealkylation sites (tertiary alicyclic amines) is 1. The minimum absolute atomic E-state index is 0.0113. The van der Waals surface area contributed by atoms with Crippen LogP contribution >= 0.6 is 0 Å². The second kappa shape index (κ2) is 6.76. The van der Waals surface area contributed by atoms with Crippen LogP contribution in [0, 0.1) is 11.8 Å². The molecular weight excluding hydrogens is 363 g/mol. The van der Waals surface area contributed by atoms with E-state index in [9.17, 15) is 23.1 Å². The molecule has 1 aromatic carbocycles. The number of alkyl halides is 3. The van der Waals surface area contributed by atoms with Gasteiger partial charge in [0, 0.05) is 49.6 Å². The Balaban J connectivity index is 1.65. The number of rotatable bonds is 1. The molecule has 3 fully saturated rings. The van der Waals surface area contributed by atoms with Crippen molar-refractivity contribution in [1.29, 1.82) is 0 Å². The Morgan fingerprint density at radius 3 is 2.78 bits per heavy atom. The summed E-state index contributed by atoms with van der Waals surface area (Å²) in [6.45, 7) is 1.85. The van der Waals surface area contributed by atoms with E-state index in [-0.39, 0.29) is 30.0 Å². The van der Waals surface area contributed by atoms with E-state index in [0.717, 1.165) is 12.1 Å². The molecule has 27 heavy (non-hydrogen) atoms. The van der Waals surface area contributed by atoms with E-state index in [1.165, 1.54) is 12.1 Å². The van der Waals surface area contributed by atoms with Crippen molar-refractivity contribution in [3.05, 3.63) is 35.4 Å². The number of aliphatic hydroxyl groups is 1. The monoisotopic (exact) mass is 385 g/mol. The maximum absolute atomic E-state index is 13.1. The van der Waals surface area contributed by atoms with Crippen LogP contribution in [0.2, 0.25) is 0 Å². The second-order valence-electron chi connectivity index (χ2n) is 7.59. The van der Waals surface area contributed by atoms with Crippen molar-refractivity contribution in [2.45, 2.75) is 30.7 Å². The standard InChI is InChI=1S/C19H22F3NO4/c20-19(21,22)13-3-1-2-12(8-13)17(24)23-9-14-10-27-7-5-18(14,25)15-11-26-6-4-16(15)23/h1-3,8,14-16,25H,4-7,9-11H2/t14-,15+,16-,18-/m0/s1. The number of piperidine rings is 1. The van der Waals surface area contributed by atoms with E-state index >= 15 is 0 Å². The molecule has 0 radical (unpaired) electrons. The summed E-state index contributed by atoms with van der Waals surface area (Å²) in [7, 11) is 0. The summed E-state index contributed by atoms with van der Waals surface area (Å²) in [6.07, 6.45) is -3.46. The maximum atomic E-state index is 13.1. The van der Waals surface area contributed by atoms with E-state index < -0.39 is 23.2 Å². The molecule has 3 saturated heterocycles. The zero-order valence-corrected chi connectivity index (χ0v) is 14.7. The van der Waals surface area contributed by atoms with E-state index in [0.29, 0.717) is 39.3 Å². The van der Waals surface area contributed by atoms with Gasteiger partial charge >= 0.3 is 6.18 Å². The zero-order valence-electron chi connectivity index (χ0n) is 14.7. The van der Waals surface area contributed by atoms with E-state index in [1.807, 2.05) is 0 Å². The first-order chi connectivity index (χ1) is 12.8. The van der Waals surface area contributed by atoms with Gasteiger partial charge in [0.2, 0.25) is 0 Å². The lowest BCUT2D eigenvalue weighted by atomic mass is 9.66. The fourth-order valence-corrected chi connectivity index (χ4v) is 4.69. The summed E-state index contributed by atoms with van der Waals surface area (Å²) in [5, 5.41) is 11.3. The van der Waals surface area contributed by atoms with Crippen LogP contribution in [-0.2, 0) is 15.7 Å². The summed E-state index contributed by atoms with van der Waals surface area (Å²) in [6, 6.07) is 4.26. The Hall–Kier alpha value is -1.64. The van der Waals surface area contributed by atoms with Gasteiger partial charge in [0.05, 0.1) is 24.4 Å². The fraction of sp³-hybridized carbons (Fsp3) is 0.632. The first kappa shape index (κ1) is 18.7. The minimum Gasteiger partial charge on any atom is -0.389 e. The number of amides is 1. The van der Waals surface area contributed by atoms with Crippen molar-refractivity contribution in [3.8, 4) is 0 Å². The molecule has 0 saturated carbocycles. The molecule has 0 unspecified atom stereocenters. The highest BCUT2D eigenvalue weighted by molar-refractivity contribution is 5.94. The number of carbonyl (C=O) groups is 1. The molecule has 0 aromatic heterocycles. The van der Waals surface area contributed by atoms with Gasteiger partial charge in [-0.2, -0.15) is 13.2 Å². The largest absolute Gasteiger partial charge is 0.416 e. The lowest BCUT2D eigenvalue weighted by Crippen LogP contribution is -2.68. The molecule has 3 aliphatic rings. The summed E-state index contributed by atoms with van der Waals surface area (Å²) in [5.41, 5.74) is -1.79. The van der Waals surface area contributed by atoms with E-state index in [2.05, 4.69) is 0 Å². The summed E-state index contributed by atoms with van der Waals surface area (Å²) < 4.78 is 50.1. The number of nitrogens with zero attached hydrogens (tertiary/aromatic N) is 1. The number of benzene rings is 1. The average Bonchev–Trinajstić information content (AvgIpc) is 2.66. The molecule has 3 heterocycles. The molecule has 0 bridgehead atoms. The van der Waals surface area contributed by atoms with Crippen LogP contribution in [-0.4, -0.2) is 60.5 Å². The maximum Gasteiger partial charge on any atom is 0.416 e. The Morgan fingerprint density at radius 1 is 1.22 bits per heavy atom. The highest BCUT2D eigenvalue weighted by Crippen LogP contribution is 2.44. The first-order valence-corrected chi connectivity index (χ1v) is 9.17. The van der Waals surface area contributed by atoms with Crippen LogP contribution in [0.15, 0.2) is 24.3 Å². The highest BCUT2D eigenvalue weighted by Gasteiger charge is 2.56. The van der Waals surface area contributed by atoms with Crippen LogP contribution in [0.4, 0.5) is 13.2 Å². The van der Waals surface area contributed by atoms with Gasteiger partial charge in [-0.3, -0.25) is 4.79 Å². The van der Waals surface area contributed by atoms with Gasteiger partial charge in [-0.25, -0.2) is 0 Å². The number of hydrogen-bond acceptors (Lipinski definition) is 4. The number of ether oxygens (including phenoxy) is 2. The van der Waals surface area contributed by atoms with Crippen molar-refractivity contribution in [2.75, 3.05) is 33.0 Å². The Bertz CT molecular complexity index is 725. The number of fused-ring (bicyclic) bond motifs is 3. The average molecular weight is 385 g/mol. The Kier molecular flexibility index (Phi) is 4.68. The molecule has 1 amide bonds. The summed E-state index contributed by atoms with van der Waals surface area (Å²) in [4.78, 5) is 14.7. The Morgan fingerprint density at radius 2 is 2.00 bits per heavy atom. The second-order valence-corrected chi connectivity index (χ2v) is 7.59. The summed E-state index contributed by atoms with van der Waals surface area (Å²) in [5.74, 6) is -0.974. The van der Waals surface area contributed by atoms with Gasteiger partial charge in [0.1, 0.15) is 0 Å². The van der Waals surface area contributed by atoms with Gasteiger partial charge in [-0.05, 0) is 24.6 Å². The smallest absolute Gasteiger partial charge is 0.389 e. The quantitative estimate of drug-likeness (QED) is 0.806. The third-order valence-electron chi connectivity index (χ3n) is 6.15. The van der Waals surface area contributed by atoms with Crippen molar-refractivity contribution in [1.82, 2.24) is 4.90 Å². The minimum atomic E-state index is -4.50. The molecule has 148 valence electrons. The normalized spacial score (nSPS) is 33.9. The molecule has 0 aliphatic carbocycles. The zero-order chi connectivity index (χ0) is 19.2. The van der Waals surface area contributed by atoms with Gasteiger partial charge < -0.3 is 19.5 Å². The van der Waals surface area contributed by atoms with Gasteiger partial charge in [0.25, 0.3) is 5.91 Å². The van der Waals surface area contributed by atoms with Crippen LogP contribution in [0.25, 0.3) is 0 Å². The van der Waals surface area contributed by atoms with E-state index in [1.54, 1.807) is 4.90 Å². The molecule has 4 atom stereocenters. The predicted molar refractivity (Wildman–Crippen MR) is 89.1 cm³/mol. The SMILES string of the molecule is O=C(c1cccc(C(F)(F)F)c1)N1C[C@H]2COCC[C@@]2(O)[C@@H]2COCC[C@@H]21. The fourth-order valence-electron chi connectivity index (χ4n) is 4.69. The predicted octanol–water partition coefficient (Wildman–Crippen LogP) is 2.33. The number of halogens is 3. The molecule has 3 aliphatic heterocycles. The summed E-state index contributed by atoms with van der Waals surface area (Å²) >= 11 is 0. The van der Waals surface area contributed by atoms with Crippen molar-refractivity contribution in [2.24, 2.45) is 11.8 Å². The van der Waals surface area contributed by atoms with Crippen LogP contribution in [0.3, 0.4) is 0 Å². The number of hydrogen-bond donors (Lipinski definition) is 1. The van der Waals surface area contributed by atoms with Crippen molar-refractivity contribution in [3.63, 3.8) is 0 Å². The van der Waals surface area contributed by atoms with Gasteiger partial charge in [-0.15, -0.1) is 0 Å². The Labute approximate surface area is 155 Å². The lowest BCUT2D eigenvalue weighted by molar-refractivity contribution is -0.212. The molecule has 1 aromatic rings. The molecule has 5 nitrogen and oxygen atoms in total. The molecule has 1 N–H and O–H groups in total. The van der Waals surface area contributed by atoms with Crippen LogP contribution in [0.5, 0.6) is 0 Å². The molecule has 4 rings (SSSR count). The molecule has 8 heteroatoms. The van der Waals surface area contributed by atoms with Crippen molar-refractivity contribution >= 4 is 5.91 Å². The molecule has 0 spiro atoms. The first-order valence-electron chi connectivity index (χ1n) is 9.17. The van der Waals surface area contributed by atoms with Gasteiger partial charge in [0.15, 0.2) is 0 Å². The number of carbonyl (C=O) groups excluding carboxylic acids is 1. The lowest BCUT2D eigenvalue weighted by Gasteiger charge is -2.57. The van der Waals surface area contributed by atoms with E-state index in [4.69, 9.17) is 9.47 Å². The van der Waals surface area contributed by atoms with Crippen molar-refractivity contribution < 1.29 is 32.5 Å². The van der Waals surface area contributed by atoms with Crippen LogP contribution in [0.1, 0.15) is 28.8 Å². The van der Waals surface area contributed by atoms with Gasteiger partial charge in [-0.1, -0.05) is 6.07 Å². The molecular formula is C19H22F3NO4. The third-order valence-corrected chi connectivity index (χ3v) is 6.15.